The predicted octanol–water partition coefficient (Wildman–Crippen LogP) is 1.50. The summed E-state index contributed by atoms with van der Waals surface area (Å²) in [5.41, 5.74) is -0.179. The molecule has 3 atom stereocenters. The van der Waals surface area contributed by atoms with Crippen LogP contribution in [-0.2, 0) is 15.1 Å². The average Bonchev–Trinajstić information content (AvgIpc) is 2.96. The number of ether oxygens (including phenoxy) is 1. The van der Waals surface area contributed by atoms with Crippen molar-refractivity contribution in [3.63, 3.8) is 0 Å². The molecule has 0 radical (unpaired) electrons. The molecule has 18 heavy (non-hydrogen) atoms. The van der Waals surface area contributed by atoms with Gasteiger partial charge in [-0.3, -0.25) is 4.79 Å². The molecule has 2 heterocycles. The molecule has 0 saturated carbocycles. The van der Waals surface area contributed by atoms with Crippen molar-refractivity contribution < 1.29 is 14.6 Å². The Hall–Kier alpha value is -0.910. The summed E-state index contributed by atoms with van der Waals surface area (Å²) in [6.45, 7) is 4.49. The molecule has 1 aromatic heterocycles. The topological polar surface area (TPSA) is 58.6 Å². The van der Waals surface area contributed by atoms with Gasteiger partial charge >= 0.3 is 0 Å². The normalized spacial score (nSPS) is 26.8. The highest BCUT2D eigenvalue weighted by Crippen LogP contribution is 2.24. The lowest BCUT2D eigenvalue weighted by Crippen LogP contribution is -2.42. The number of carbonyl (C=O) groups is 1. The van der Waals surface area contributed by atoms with Gasteiger partial charge in [0.05, 0.1) is 18.6 Å². The second-order valence-electron chi connectivity index (χ2n) is 4.97. The van der Waals surface area contributed by atoms with Gasteiger partial charge in [0.15, 0.2) is 0 Å². The molecule has 1 fully saturated rings. The third-order valence-electron chi connectivity index (χ3n) is 3.46. The molecule has 0 spiro atoms. The molecule has 1 aromatic rings. The van der Waals surface area contributed by atoms with E-state index < -0.39 is 5.60 Å². The predicted molar refractivity (Wildman–Crippen MR) is 70.4 cm³/mol. The van der Waals surface area contributed by atoms with Crippen LogP contribution in [0, 0.1) is 5.92 Å². The Morgan fingerprint density at radius 2 is 2.50 bits per heavy atom. The molecular weight excluding hydrogens is 250 g/mol. The molecule has 2 rings (SSSR count). The first kappa shape index (κ1) is 13.5. The molecule has 5 heteroatoms. The standard InChI is InChI=1S/C13H19NO3S/c1-9-11(3-5-17-9)12(15)14-8-13(2,16)10-4-6-18-7-10/h4,6-7,9,11,16H,3,5,8H2,1-2H3,(H,14,15). The SMILES string of the molecule is CC1OCCC1C(=O)NCC(C)(O)c1ccsc1. The molecule has 3 unspecified atom stereocenters. The highest BCUT2D eigenvalue weighted by molar-refractivity contribution is 7.08. The Bertz CT molecular complexity index is 402. The molecule has 1 saturated heterocycles. The van der Waals surface area contributed by atoms with Gasteiger partial charge in [-0.25, -0.2) is 0 Å². The van der Waals surface area contributed by atoms with E-state index >= 15 is 0 Å². The molecule has 1 aliphatic rings. The average molecular weight is 269 g/mol. The molecule has 1 aliphatic heterocycles. The van der Waals surface area contributed by atoms with Crippen molar-refractivity contribution in [1.29, 1.82) is 0 Å². The zero-order chi connectivity index (χ0) is 13.2. The van der Waals surface area contributed by atoms with Crippen LogP contribution in [0.1, 0.15) is 25.8 Å². The third kappa shape index (κ3) is 2.91. The number of carbonyl (C=O) groups excluding carboxylic acids is 1. The maximum absolute atomic E-state index is 12.0. The molecule has 0 bridgehead atoms. The van der Waals surface area contributed by atoms with Gasteiger partial charge in [-0.15, -0.1) is 0 Å². The molecule has 2 N–H and O–H groups in total. The minimum Gasteiger partial charge on any atom is -0.384 e. The lowest BCUT2D eigenvalue weighted by molar-refractivity contribution is -0.127. The quantitative estimate of drug-likeness (QED) is 0.871. The Morgan fingerprint density at radius 3 is 3.06 bits per heavy atom. The smallest absolute Gasteiger partial charge is 0.225 e. The summed E-state index contributed by atoms with van der Waals surface area (Å²) in [7, 11) is 0. The van der Waals surface area contributed by atoms with Crippen LogP contribution >= 0.6 is 11.3 Å². The summed E-state index contributed by atoms with van der Waals surface area (Å²) in [6.07, 6.45) is 0.726. The first-order chi connectivity index (χ1) is 8.50. The summed E-state index contributed by atoms with van der Waals surface area (Å²) in [5.74, 6) is -0.126. The second-order valence-corrected chi connectivity index (χ2v) is 5.75. The van der Waals surface area contributed by atoms with Gasteiger partial charge in [0, 0.05) is 6.61 Å². The lowest BCUT2D eigenvalue weighted by atomic mass is 9.97. The van der Waals surface area contributed by atoms with Crippen molar-refractivity contribution in [3.05, 3.63) is 22.4 Å². The monoisotopic (exact) mass is 269 g/mol. The first-order valence-corrected chi connectivity index (χ1v) is 7.09. The van der Waals surface area contributed by atoms with E-state index in [1.807, 2.05) is 23.8 Å². The van der Waals surface area contributed by atoms with Crippen LogP contribution in [0.25, 0.3) is 0 Å². The van der Waals surface area contributed by atoms with Crippen molar-refractivity contribution in [2.24, 2.45) is 5.92 Å². The summed E-state index contributed by atoms with van der Waals surface area (Å²) in [4.78, 5) is 12.0. The number of thiophene rings is 1. The van der Waals surface area contributed by atoms with E-state index in [-0.39, 0.29) is 24.5 Å². The van der Waals surface area contributed by atoms with Crippen molar-refractivity contribution in [2.45, 2.75) is 32.0 Å². The van der Waals surface area contributed by atoms with E-state index in [1.165, 1.54) is 11.3 Å². The highest BCUT2D eigenvalue weighted by atomic mass is 32.1. The van der Waals surface area contributed by atoms with Crippen molar-refractivity contribution in [3.8, 4) is 0 Å². The van der Waals surface area contributed by atoms with Crippen LogP contribution in [0.3, 0.4) is 0 Å². The largest absolute Gasteiger partial charge is 0.384 e. The second kappa shape index (κ2) is 5.38. The van der Waals surface area contributed by atoms with E-state index in [0.29, 0.717) is 6.61 Å². The lowest BCUT2D eigenvalue weighted by Gasteiger charge is -2.24. The van der Waals surface area contributed by atoms with Crippen LogP contribution in [0.15, 0.2) is 16.8 Å². The Balaban J connectivity index is 1.89. The highest BCUT2D eigenvalue weighted by Gasteiger charge is 2.32. The van der Waals surface area contributed by atoms with Gasteiger partial charge in [-0.1, -0.05) is 0 Å². The molecule has 0 aliphatic carbocycles. The molecule has 1 amide bonds. The van der Waals surface area contributed by atoms with Crippen LogP contribution < -0.4 is 5.32 Å². The first-order valence-electron chi connectivity index (χ1n) is 6.15. The fourth-order valence-corrected chi connectivity index (χ4v) is 2.92. The summed E-state index contributed by atoms with van der Waals surface area (Å²) in [6, 6.07) is 1.87. The van der Waals surface area contributed by atoms with Crippen LogP contribution in [0.2, 0.25) is 0 Å². The number of nitrogens with one attached hydrogen (secondary N) is 1. The number of hydrogen-bond donors (Lipinski definition) is 2. The van der Waals surface area contributed by atoms with Gasteiger partial charge in [-0.2, -0.15) is 11.3 Å². The van der Waals surface area contributed by atoms with Crippen molar-refractivity contribution in [2.75, 3.05) is 13.2 Å². The maximum atomic E-state index is 12.0. The minimum atomic E-state index is -1.02. The van der Waals surface area contributed by atoms with E-state index in [2.05, 4.69) is 5.32 Å². The van der Waals surface area contributed by atoms with Gasteiger partial charge in [-0.05, 0) is 42.7 Å². The zero-order valence-electron chi connectivity index (χ0n) is 10.7. The summed E-state index contributed by atoms with van der Waals surface area (Å²) in [5, 5.41) is 16.9. The van der Waals surface area contributed by atoms with Gasteiger partial charge in [0.1, 0.15) is 5.60 Å². The number of aliphatic hydroxyl groups is 1. The van der Waals surface area contributed by atoms with Crippen LogP contribution in [0.5, 0.6) is 0 Å². The van der Waals surface area contributed by atoms with E-state index in [1.54, 1.807) is 6.92 Å². The van der Waals surface area contributed by atoms with Crippen LogP contribution in [0.4, 0.5) is 0 Å². The minimum absolute atomic E-state index is 0.0314. The van der Waals surface area contributed by atoms with Crippen molar-refractivity contribution in [1.82, 2.24) is 5.32 Å². The molecular formula is C13H19NO3S. The van der Waals surface area contributed by atoms with Gasteiger partial charge < -0.3 is 15.2 Å². The fourth-order valence-electron chi connectivity index (χ4n) is 2.14. The fraction of sp³-hybridized carbons (Fsp3) is 0.615. The number of hydrogen-bond acceptors (Lipinski definition) is 4. The van der Waals surface area contributed by atoms with Crippen molar-refractivity contribution >= 4 is 17.2 Å². The summed E-state index contributed by atoms with van der Waals surface area (Å²) < 4.78 is 5.37. The zero-order valence-corrected chi connectivity index (χ0v) is 11.5. The van der Waals surface area contributed by atoms with Gasteiger partial charge in [0.2, 0.25) is 5.91 Å². The third-order valence-corrected chi connectivity index (χ3v) is 4.15. The molecule has 4 nitrogen and oxygen atoms in total. The van der Waals surface area contributed by atoms with E-state index in [4.69, 9.17) is 4.74 Å². The van der Waals surface area contributed by atoms with Crippen LogP contribution in [-0.4, -0.2) is 30.3 Å². The Morgan fingerprint density at radius 1 is 1.72 bits per heavy atom. The number of rotatable bonds is 4. The van der Waals surface area contributed by atoms with E-state index in [0.717, 1.165) is 12.0 Å². The maximum Gasteiger partial charge on any atom is 0.225 e. The Kier molecular flexibility index (Phi) is 4.04. The van der Waals surface area contributed by atoms with E-state index in [9.17, 15) is 9.90 Å². The number of amides is 1. The van der Waals surface area contributed by atoms with Gasteiger partial charge in [0.25, 0.3) is 0 Å². The summed E-state index contributed by atoms with van der Waals surface area (Å²) >= 11 is 1.53. The molecule has 0 aromatic carbocycles. The molecule has 100 valence electrons. The Labute approximate surface area is 111 Å².